The number of halogens is 2. The fourth-order valence-electron chi connectivity index (χ4n) is 1.11. The Morgan fingerprint density at radius 3 is 2.64 bits per heavy atom. The summed E-state index contributed by atoms with van der Waals surface area (Å²) in [6, 6.07) is 3.83. The van der Waals surface area contributed by atoms with Crippen LogP contribution in [0.2, 0.25) is 0 Å². The zero-order valence-electron chi connectivity index (χ0n) is 7.51. The summed E-state index contributed by atoms with van der Waals surface area (Å²) < 4.78 is 7.13. The lowest BCUT2D eigenvalue weighted by Gasteiger charge is -2.10. The van der Waals surface area contributed by atoms with Crippen LogP contribution in [0.15, 0.2) is 21.1 Å². The van der Waals surface area contributed by atoms with Gasteiger partial charge in [-0.15, -0.1) is 0 Å². The van der Waals surface area contributed by atoms with Crippen LogP contribution in [-0.4, -0.2) is 12.1 Å². The lowest BCUT2D eigenvalue weighted by molar-refractivity contribution is 0.410. The van der Waals surface area contributed by atoms with Gasteiger partial charge in [-0.2, -0.15) is 0 Å². The molecule has 0 saturated carbocycles. The van der Waals surface area contributed by atoms with Crippen LogP contribution in [0.1, 0.15) is 5.56 Å². The largest absolute Gasteiger partial charge is 0.496 e. The molecule has 1 rings (SSSR count). The van der Waals surface area contributed by atoms with E-state index in [4.69, 9.17) is 22.7 Å². The minimum atomic E-state index is 0.450. The molecule has 0 saturated heterocycles. The van der Waals surface area contributed by atoms with E-state index < -0.39 is 0 Å². The molecular formula is C9H9Br2NOS. The van der Waals surface area contributed by atoms with Gasteiger partial charge < -0.3 is 10.5 Å². The van der Waals surface area contributed by atoms with Gasteiger partial charge in [-0.3, -0.25) is 0 Å². The van der Waals surface area contributed by atoms with E-state index in [1.807, 2.05) is 12.1 Å². The van der Waals surface area contributed by atoms with E-state index in [-0.39, 0.29) is 0 Å². The Labute approximate surface area is 105 Å². The summed E-state index contributed by atoms with van der Waals surface area (Å²) in [5.41, 5.74) is 6.47. The van der Waals surface area contributed by atoms with Gasteiger partial charge in [0.2, 0.25) is 0 Å². The maximum atomic E-state index is 5.50. The highest BCUT2D eigenvalue weighted by atomic mass is 79.9. The minimum Gasteiger partial charge on any atom is -0.496 e. The van der Waals surface area contributed by atoms with Gasteiger partial charge in [0.05, 0.1) is 12.1 Å². The van der Waals surface area contributed by atoms with Crippen LogP contribution < -0.4 is 10.5 Å². The molecule has 2 nitrogen and oxygen atoms in total. The first-order valence-corrected chi connectivity index (χ1v) is 5.84. The monoisotopic (exact) mass is 337 g/mol. The predicted octanol–water partition coefficient (Wildman–Crippen LogP) is 3.05. The Hall–Kier alpha value is -0.130. The molecule has 76 valence electrons. The summed E-state index contributed by atoms with van der Waals surface area (Å²) in [6.07, 6.45) is 0.534. The second kappa shape index (κ2) is 5.09. The molecule has 5 heteroatoms. The van der Waals surface area contributed by atoms with Crippen molar-refractivity contribution in [2.75, 3.05) is 7.11 Å². The number of hydrogen-bond donors (Lipinski definition) is 1. The summed E-state index contributed by atoms with van der Waals surface area (Å²) in [5, 5.41) is 0. The smallest absolute Gasteiger partial charge is 0.124 e. The maximum Gasteiger partial charge on any atom is 0.124 e. The Balaban J connectivity index is 3.18. The summed E-state index contributed by atoms with van der Waals surface area (Å²) in [6.45, 7) is 0. The van der Waals surface area contributed by atoms with Crippen molar-refractivity contribution in [2.24, 2.45) is 5.73 Å². The molecule has 0 aliphatic heterocycles. The van der Waals surface area contributed by atoms with E-state index in [0.717, 1.165) is 20.3 Å². The van der Waals surface area contributed by atoms with Crippen molar-refractivity contribution >= 4 is 49.1 Å². The van der Waals surface area contributed by atoms with Gasteiger partial charge in [-0.05, 0) is 12.1 Å². The summed E-state index contributed by atoms with van der Waals surface area (Å²) in [5.74, 6) is 0.777. The average Bonchev–Trinajstić information content (AvgIpc) is 2.08. The fraction of sp³-hybridized carbons (Fsp3) is 0.222. The van der Waals surface area contributed by atoms with E-state index >= 15 is 0 Å². The van der Waals surface area contributed by atoms with Gasteiger partial charge >= 0.3 is 0 Å². The second-order valence-electron chi connectivity index (χ2n) is 2.71. The third-order valence-electron chi connectivity index (χ3n) is 1.69. The molecule has 0 fully saturated rings. The van der Waals surface area contributed by atoms with Crippen molar-refractivity contribution in [1.29, 1.82) is 0 Å². The highest BCUT2D eigenvalue weighted by Gasteiger charge is 2.09. The number of hydrogen-bond acceptors (Lipinski definition) is 2. The standard InChI is InChI=1S/C9H9Br2NOS/c1-13-8-3-5(10)2-7(11)6(8)4-9(12)14/h2-3H,4H2,1H3,(H2,12,14). The zero-order valence-corrected chi connectivity index (χ0v) is 11.5. The first kappa shape index (κ1) is 11.9. The number of benzene rings is 1. The van der Waals surface area contributed by atoms with Crippen LogP contribution in [0.3, 0.4) is 0 Å². The van der Waals surface area contributed by atoms with Crippen LogP contribution in [0, 0.1) is 0 Å². The Morgan fingerprint density at radius 2 is 2.14 bits per heavy atom. The van der Waals surface area contributed by atoms with Crippen molar-refractivity contribution in [2.45, 2.75) is 6.42 Å². The highest BCUT2D eigenvalue weighted by Crippen LogP contribution is 2.31. The van der Waals surface area contributed by atoms with Gasteiger partial charge in [-0.1, -0.05) is 44.1 Å². The van der Waals surface area contributed by atoms with Crippen molar-refractivity contribution in [3.63, 3.8) is 0 Å². The molecule has 0 unspecified atom stereocenters. The molecule has 0 aromatic heterocycles. The van der Waals surface area contributed by atoms with Crippen LogP contribution in [0.5, 0.6) is 5.75 Å². The maximum absolute atomic E-state index is 5.50. The van der Waals surface area contributed by atoms with Gasteiger partial charge in [0.25, 0.3) is 0 Å². The Bertz CT molecular complexity index is 368. The molecule has 0 aliphatic carbocycles. The number of rotatable bonds is 3. The summed E-state index contributed by atoms with van der Waals surface area (Å²) >= 11 is 11.7. The topological polar surface area (TPSA) is 35.2 Å². The number of methoxy groups -OCH3 is 1. The minimum absolute atomic E-state index is 0.450. The van der Waals surface area contributed by atoms with Crippen LogP contribution in [0.25, 0.3) is 0 Å². The lowest BCUT2D eigenvalue weighted by Crippen LogP contribution is -2.12. The van der Waals surface area contributed by atoms with Gasteiger partial charge in [0.1, 0.15) is 5.75 Å². The van der Waals surface area contributed by atoms with E-state index in [2.05, 4.69) is 31.9 Å². The first-order chi connectivity index (χ1) is 6.54. The molecule has 2 N–H and O–H groups in total. The normalized spacial score (nSPS) is 9.93. The summed E-state index contributed by atoms with van der Waals surface area (Å²) in [7, 11) is 1.62. The molecule has 0 heterocycles. The van der Waals surface area contributed by atoms with E-state index in [0.29, 0.717) is 11.4 Å². The average molecular weight is 339 g/mol. The van der Waals surface area contributed by atoms with E-state index in [9.17, 15) is 0 Å². The quantitative estimate of drug-likeness (QED) is 0.860. The highest BCUT2D eigenvalue weighted by molar-refractivity contribution is 9.11. The summed E-state index contributed by atoms with van der Waals surface area (Å²) in [4.78, 5) is 0.450. The molecule has 0 spiro atoms. The van der Waals surface area contributed by atoms with Gasteiger partial charge in [0, 0.05) is 20.9 Å². The molecular weight excluding hydrogens is 330 g/mol. The molecule has 1 aromatic carbocycles. The zero-order chi connectivity index (χ0) is 10.7. The molecule has 0 atom stereocenters. The number of ether oxygens (including phenoxy) is 1. The molecule has 0 bridgehead atoms. The van der Waals surface area contributed by atoms with Crippen molar-refractivity contribution < 1.29 is 4.74 Å². The second-order valence-corrected chi connectivity index (χ2v) is 5.01. The van der Waals surface area contributed by atoms with Crippen molar-refractivity contribution in [3.8, 4) is 5.75 Å². The number of thiocarbonyl (C=S) groups is 1. The number of nitrogens with two attached hydrogens (primary N) is 1. The predicted molar refractivity (Wildman–Crippen MR) is 68.9 cm³/mol. The van der Waals surface area contributed by atoms with Crippen LogP contribution in [0.4, 0.5) is 0 Å². The fourth-order valence-corrected chi connectivity index (χ4v) is 2.58. The molecule has 1 aromatic rings. The van der Waals surface area contributed by atoms with E-state index in [1.54, 1.807) is 7.11 Å². The first-order valence-electron chi connectivity index (χ1n) is 3.84. The third-order valence-corrected chi connectivity index (χ3v) is 3.00. The van der Waals surface area contributed by atoms with Crippen molar-refractivity contribution in [1.82, 2.24) is 0 Å². The molecule has 14 heavy (non-hydrogen) atoms. The van der Waals surface area contributed by atoms with Gasteiger partial charge in [-0.25, -0.2) is 0 Å². The molecule has 0 radical (unpaired) electrons. The SMILES string of the molecule is COc1cc(Br)cc(Br)c1CC(N)=S. The van der Waals surface area contributed by atoms with E-state index in [1.165, 1.54) is 0 Å². The van der Waals surface area contributed by atoms with Crippen LogP contribution in [-0.2, 0) is 6.42 Å². The van der Waals surface area contributed by atoms with Crippen LogP contribution >= 0.6 is 44.1 Å². The van der Waals surface area contributed by atoms with Gasteiger partial charge in [0.15, 0.2) is 0 Å². The van der Waals surface area contributed by atoms with Crippen molar-refractivity contribution in [3.05, 3.63) is 26.6 Å². The Morgan fingerprint density at radius 1 is 1.50 bits per heavy atom. The third kappa shape index (κ3) is 2.93. The molecule has 0 amide bonds. The Kier molecular flexibility index (Phi) is 4.34. The lowest BCUT2D eigenvalue weighted by atomic mass is 10.1. The molecule has 0 aliphatic rings.